The van der Waals surface area contributed by atoms with Crippen LogP contribution < -0.4 is 0 Å². The lowest BCUT2D eigenvalue weighted by Gasteiger charge is -2.27. The van der Waals surface area contributed by atoms with Crippen molar-refractivity contribution >= 4 is 5.78 Å². The first kappa shape index (κ1) is 28.9. The summed E-state index contributed by atoms with van der Waals surface area (Å²) in [6, 6.07) is 0. The number of rotatable bonds is 15. The van der Waals surface area contributed by atoms with Gasteiger partial charge in [-0.1, -0.05) is 85.6 Å². The number of ketones is 1. The number of allylic oxidation sites excluding steroid dienone is 5. The van der Waals surface area contributed by atoms with Crippen LogP contribution in [0.5, 0.6) is 0 Å². The molecule has 184 valence electrons. The van der Waals surface area contributed by atoms with Gasteiger partial charge < -0.3 is 5.11 Å². The normalized spacial score (nSPS) is 19.1. The van der Waals surface area contributed by atoms with Gasteiger partial charge in [-0.25, -0.2) is 0 Å². The third-order valence-corrected chi connectivity index (χ3v) is 7.73. The van der Waals surface area contributed by atoms with Crippen molar-refractivity contribution in [2.24, 2.45) is 17.8 Å². The van der Waals surface area contributed by atoms with Crippen LogP contribution in [0.4, 0.5) is 0 Å². The fourth-order valence-corrected chi connectivity index (χ4v) is 4.89. The molecule has 1 aliphatic rings. The third-order valence-electron chi connectivity index (χ3n) is 7.73. The van der Waals surface area contributed by atoms with Gasteiger partial charge in [0, 0.05) is 11.1 Å². The monoisotopic (exact) mass is 444 g/mol. The second-order valence-corrected chi connectivity index (χ2v) is 11.5. The standard InChI is InChI=1S/C30H52O2/c1-21(2)13-10-14-22(3)15-11-16-23(4)17-12-19-30(9,32)20-18-28-26(7)24(5)25(6)27(8)29(28)31/h21-23,32H,5,10-20H2,1-4,6-9H3/t22-,23-,30-/m1/s1. The molecule has 0 spiro atoms. The van der Waals surface area contributed by atoms with E-state index in [1.807, 2.05) is 27.7 Å². The van der Waals surface area contributed by atoms with Crippen molar-refractivity contribution in [2.75, 3.05) is 0 Å². The largest absolute Gasteiger partial charge is 0.390 e. The van der Waals surface area contributed by atoms with E-state index >= 15 is 0 Å². The highest BCUT2D eigenvalue weighted by Gasteiger charge is 2.27. The molecule has 0 radical (unpaired) electrons. The molecule has 0 heterocycles. The van der Waals surface area contributed by atoms with Gasteiger partial charge in [-0.05, 0) is 81.4 Å². The predicted molar refractivity (Wildman–Crippen MR) is 140 cm³/mol. The van der Waals surface area contributed by atoms with Gasteiger partial charge in [0.15, 0.2) is 5.78 Å². The molecular weight excluding hydrogens is 392 g/mol. The molecule has 1 aliphatic carbocycles. The zero-order valence-electron chi connectivity index (χ0n) is 22.6. The van der Waals surface area contributed by atoms with Crippen molar-refractivity contribution in [3.8, 4) is 0 Å². The van der Waals surface area contributed by atoms with Crippen LogP contribution in [0.2, 0.25) is 0 Å². The van der Waals surface area contributed by atoms with Crippen LogP contribution in [0.1, 0.15) is 126 Å². The van der Waals surface area contributed by atoms with Gasteiger partial charge in [-0.2, -0.15) is 0 Å². The van der Waals surface area contributed by atoms with Crippen molar-refractivity contribution in [1.82, 2.24) is 0 Å². The molecule has 0 aromatic heterocycles. The van der Waals surface area contributed by atoms with E-state index in [-0.39, 0.29) is 5.78 Å². The Bertz CT molecular complexity index is 690. The highest BCUT2D eigenvalue weighted by molar-refractivity contribution is 6.11. The highest BCUT2D eigenvalue weighted by Crippen LogP contribution is 2.34. The Labute approximate surface area is 199 Å². The molecule has 0 bridgehead atoms. The predicted octanol–water partition coefficient (Wildman–Crippen LogP) is 8.75. The fourth-order valence-electron chi connectivity index (χ4n) is 4.89. The van der Waals surface area contributed by atoms with Gasteiger partial charge in [0.2, 0.25) is 0 Å². The van der Waals surface area contributed by atoms with E-state index in [9.17, 15) is 9.90 Å². The summed E-state index contributed by atoms with van der Waals surface area (Å²) in [4.78, 5) is 12.7. The van der Waals surface area contributed by atoms with E-state index in [1.54, 1.807) is 0 Å². The molecule has 2 nitrogen and oxygen atoms in total. The van der Waals surface area contributed by atoms with E-state index in [0.29, 0.717) is 12.8 Å². The minimum Gasteiger partial charge on any atom is -0.390 e. The average Bonchev–Trinajstić information content (AvgIpc) is 2.70. The van der Waals surface area contributed by atoms with Crippen molar-refractivity contribution in [3.05, 3.63) is 34.4 Å². The number of hydrogen-bond acceptors (Lipinski definition) is 2. The Morgan fingerprint density at radius 3 is 1.81 bits per heavy atom. The second kappa shape index (κ2) is 13.5. The zero-order chi connectivity index (χ0) is 24.5. The molecule has 1 N–H and O–H groups in total. The topological polar surface area (TPSA) is 37.3 Å². The maximum absolute atomic E-state index is 12.7. The summed E-state index contributed by atoms with van der Waals surface area (Å²) in [5, 5.41) is 10.9. The Balaban J connectivity index is 2.32. The van der Waals surface area contributed by atoms with Gasteiger partial charge in [-0.15, -0.1) is 0 Å². The summed E-state index contributed by atoms with van der Waals surface area (Å²) in [6.07, 6.45) is 12.4. The summed E-state index contributed by atoms with van der Waals surface area (Å²) < 4.78 is 0. The minimum absolute atomic E-state index is 0.134. The molecule has 0 aromatic rings. The first-order valence-corrected chi connectivity index (χ1v) is 13.2. The molecule has 32 heavy (non-hydrogen) atoms. The molecule has 0 saturated heterocycles. The Hall–Kier alpha value is -1.15. The smallest absolute Gasteiger partial charge is 0.185 e. The molecule has 0 fully saturated rings. The van der Waals surface area contributed by atoms with Crippen LogP contribution in [-0.4, -0.2) is 16.5 Å². The first-order valence-electron chi connectivity index (χ1n) is 13.2. The summed E-state index contributed by atoms with van der Waals surface area (Å²) in [5.74, 6) is 2.53. The molecule has 2 heteroatoms. The first-order chi connectivity index (χ1) is 14.9. The number of carbonyl (C=O) groups excluding carboxylic acids is 1. The van der Waals surface area contributed by atoms with Crippen molar-refractivity contribution in [3.63, 3.8) is 0 Å². The summed E-state index contributed by atoms with van der Waals surface area (Å²) in [6.45, 7) is 21.3. The molecule has 0 amide bonds. The summed E-state index contributed by atoms with van der Waals surface area (Å²) in [5.41, 5.74) is 3.90. The second-order valence-electron chi connectivity index (χ2n) is 11.5. The van der Waals surface area contributed by atoms with Gasteiger partial charge in [0.1, 0.15) is 0 Å². The van der Waals surface area contributed by atoms with Crippen molar-refractivity contribution in [2.45, 2.75) is 132 Å². The van der Waals surface area contributed by atoms with Crippen LogP contribution in [0.3, 0.4) is 0 Å². The zero-order valence-corrected chi connectivity index (χ0v) is 22.6. The van der Waals surface area contributed by atoms with Crippen LogP contribution >= 0.6 is 0 Å². The maximum atomic E-state index is 12.7. The van der Waals surface area contributed by atoms with Crippen LogP contribution in [0.25, 0.3) is 0 Å². The quantitative estimate of drug-likeness (QED) is 0.274. The Morgan fingerprint density at radius 2 is 1.28 bits per heavy atom. The molecular formula is C30H52O2. The summed E-state index contributed by atoms with van der Waals surface area (Å²) in [7, 11) is 0. The van der Waals surface area contributed by atoms with Gasteiger partial charge in [0.25, 0.3) is 0 Å². The number of Topliss-reactive ketones (excluding diaryl/α,β-unsaturated/α-hetero) is 1. The lowest BCUT2D eigenvalue weighted by Crippen LogP contribution is -2.26. The summed E-state index contributed by atoms with van der Waals surface area (Å²) >= 11 is 0. The van der Waals surface area contributed by atoms with E-state index in [1.165, 1.54) is 44.9 Å². The average molecular weight is 445 g/mol. The van der Waals surface area contributed by atoms with Crippen LogP contribution in [0, 0.1) is 17.8 Å². The van der Waals surface area contributed by atoms with E-state index < -0.39 is 5.60 Å². The Kier molecular flexibility index (Phi) is 12.2. The highest BCUT2D eigenvalue weighted by atomic mass is 16.3. The van der Waals surface area contributed by atoms with E-state index in [2.05, 4.69) is 34.3 Å². The molecule has 0 unspecified atom stereocenters. The van der Waals surface area contributed by atoms with Crippen molar-refractivity contribution < 1.29 is 9.90 Å². The van der Waals surface area contributed by atoms with Gasteiger partial charge >= 0.3 is 0 Å². The van der Waals surface area contributed by atoms with E-state index in [4.69, 9.17) is 0 Å². The number of carbonyl (C=O) groups is 1. The molecule has 0 aliphatic heterocycles. The van der Waals surface area contributed by atoms with E-state index in [0.717, 1.165) is 58.5 Å². The van der Waals surface area contributed by atoms with Gasteiger partial charge in [0.05, 0.1) is 5.60 Å². The van der Waals surface area contributed by atoms with Gasteiger partial charge in [-0.3, -0.25) is 4.79 Å². The number of aliphatic hydroxyl groups is 1. The maximum Gasteiger partial charge on any atom is 0.185 e. The lowest BCUT2D eigenvalue weighted by atomic mass is 9.80. The fraction of sp³-hybridized carbons (Fsp3) is 0.767. The van der Waals surface area contributed by atoms with Crippen LogP contribution in [0.15, 0.2) is 34.4 Å². The molecule has 1 rings (SSSR count). The SMILES string of the molecule is C=C1C(C)=C(C)C(=O)C(CC[C@](C)(O)CCC[C@H](C)CCC[C@H](C)CCCC(C)C)=C1C. The molecule has 0 saturated carbocycles. The number of hydrogen-bond donors (Lipinski definition) is 1. The molecule has 3 atom stereocenters. The minimum atomic E-state index is -0.719. The van der Waals surface area contributed by atoms with Crippen LogP contribution in [-0.2, 0) is 4.79 Å². The molecule has 0 aromatic carbocycles. The van der Waals surface area contributed by atoms with Crippen molar-refractivity contribution in [1.29, 1.82) is 0 Å². The third kappa shape index (κ3) is 9.77. The lowest BCUT2D eigenvalue weighted by molar-refractivity contribution is -0.112. The Morgan fingerprint density at radius 1 is 0.781 bits per heavy atom.